The molecule has 0 spiro atoms. The van der Waals surface area contributed by atoms with Crippen LogP contribution in [0.3, 0.4) is 0 Å². The van der Waals surface area contributed by atoms with Crippen molar-refractivity contribution in [1.82, 2.24) is 5.32 Å². The molecule has 100 valence electrons. The first kappa shape index (κ1) is 13.5. The lowest BCUT2D eigenvalue weighted by atomic mass is 9.89. The Labute approximate surface area is 108 Å². The summed E-state index contributed by atoms with van der Waals surface area (Å²) in [6.45, 7) is 5.52. The zero-order valence-corrected chi connectivity index (χ0v) is 11.1. The molecule has 3 heteroatoms. The third kappa shape index (κ3) is 3.08. The smallest absolute Gasteiger partial charge is 0.273 e. The molecule has 2 rings (SSSR count). The lowest BCUT2D eigenvalue weighted by Crippen LogP contribution is -2.33. The molecule has 1 aromatic carbocycles. The first-order valence-corrected chi connectivity index (χ1v) is 6.65. The van der Waals surface area contributed by atoms with Gasteiger partial charge in [0, 0.05) is 12.0 Å². The van der Waals surface area contributed by atoms with Crippen LogP contribution in [0.25, 0.3) is 0 Å². The Morgan fingerprint density at radius 3 is 2.67 bits per heavy atom. The van der Waals surface area contributed by atoms with E-state index in [0.717, 1.165) is 37.1 Å². The van der Waals surface area contributed by atoms with E-state index >= 15 is 0 Å². The number of halogens is 2. The van der Waals surface area contributed by atoms with E-state index in [1.807, 2.05) is 13.8 Å². The predicted molar refractivity (Wildman–Crippen MR) is 70.0 cm³/mol. The average molecular weight is 253 g/mol. The fraction of sp³-hybridized carbons (Fsp3) is 0.600. The molecule has 0 bridgehead atoms. The molecule has 1 aliphatic rings. The summed E-state index contributed by atoms with van der Waals surface area (Å²) in [4.78, 5) is 0. The standard InChI is InChI=1S/C15H21F2N/c1-11-5-6-14(8-12(11)2)15(16,17)9-13-4-3-7-18-10-13/h5-6,8,13,18H,3-4,7,9-10H2,1-2H3. The summed E-state index contributed by atoms with van der Waals surface area (Å²) >= 11 is 0. The lowest BCUT2D eigenvalue weighted by Gasteiger charge is -2.27. The quantitative estimate of drug-likeness (QED) is 0.864. The third-order valence-electron chi connectivity index (χ3n) is 3.87. The molecule has 1 fully saturated rings. The fourth-order valence-electron chi connectivity index (χ4n) is 2.55. The summed E-state index contributed by atoms with van der Waals surface area (Å²) in [7, 11) is 0. The molecule has 0 saturated carbocycles. The van der Waals surface area contributed by atoms with E-state index in [-0.39, 0.29) is 17.9 Å². The molecule has 1 unspecified atom stereocenters. The van der Waals surface area contributed by atoms with E-state index < -0.39 is 5.92 Å². The molecule has 0 aromatic heterocycles. The Morgan fingerprint density at radius 2 is 2.06 bits per heavy atom. The summed E-state index contributed by atoms with van der Waals surface area (Å²) in [5.74, 6) is -2.61. The van der Waals surface area contributed by atoms with Gasteiger partial charge in [-0.2, -0.15) is 0 Å². The highest BCUT2D eigenvalue weighted by atomic mass is 19.3. The third-order valence-corrected chi connectivity index (χ3v) is 3.87. The summed E-state index contributed by atoms with van der Waals surface area (Å²) in [5.41, 5.74) is 2.17. The second-order valence-corrected chi connectivity index (χ2v) is 5.42. The van der Waals surface area contributed by atoms with E-state index in [0.29, 0.717) is 0 Å². The topological polar surface area (TPSA) is 12.0 Å². The largest absolute Gasteiger partial charge is 0.316 e. The van der Waals surface area contributed by atoms with Crippen molar-refractivity contribution in [2.45, 2.75) is 39.0 Å². The minimum Gasteiger partial charge on any atom is -0.316 e. The Bertz CT molecular complexity index is 409. The van der Waals surface area contributed by atoms with Crippen LogP contribution >= 0.6 is 0 Å². The van der Waals surface area contributed by atoms with Crippen LogP contribution in [-0.2, 0) is 5.92 Å². The normalized spacial score (nSPS) is 21.0. The highest BCUT2D eigenvalue weighted by Gasteiger charge is 2.35. The molecule has 1 saturated heterocycles. The molecule has 0 amide bonds. The second kappa shape index (κ2) is 5.35. The number of hydrogen-bond acceptors (Lipinski definition) is 1. The second-order valence-electron chi connectivity index (χ2n) is 5.42. The highest BCUT2D eigenvalue weighted by molar-refractivity contribution is 5.32. The number of aryl methyl sites for hydroxylation is 2. The molecule has 1 nitrogen and oxygen atoms in total. The Hall–Kier alpha value is -0.960. The fourth-order valence-corrected chi connectivity index (χ4v) is 2.55. The molecule has 0 aliphatic carbocycles. The van der Waals surface area contributed by atoms with E-state index in [2.05, 4.69) is 5.32 Å². The van der Waals surface area contributed by atoms with Crippen molar-refractivity contribution in [3.63, 3.8) is 0 Å². The van der Waals surface area contributed by atoms with Gasteiger partial charge in [-0.3, -0.25) is 0 Å². The van der Waals surface area contributed by atoms with Gasteiger partial charge in [0.2, 0.25) is 0 Å². The van der Waals surface area contributed by atoms with Gasteiger partial charge in [-0.25, -0.2) is 8.78 Å². The van der Waals surface area contributed by atoms with E-state index in [4.69, 9.17) is 0 Å². The monoisotopic (exact) mass is 253 g/mol. The van der Waals surface area contributed by atoms with Gasteiger partial charge in [-0.1, -0.05) is 12.1 Å². The summed E-state index contributed by atoms with van der Waals surface area (Å²) in [5, 5.41) is 3.20. The minimum atomic E-state index is -2.71. The van der Waals surface area contributed by atoms with Crippen LogP contribution in [-0.4, -0.2) is 13.1 Å². The van der Waals surface area contributed by atoms with Crippen LogP contribution in [0.2, 0.25) is 0 Å². The number of rotatable bonds is 3. The highest BCUT2D eigenvalue weighted by Crippen LogP contribution is 2.37. The molecule has 0 radical (unpaired) electrons. The summed E-state index contributed by atoms with van der Waals surface area (Å²) in [6, 6.07) is 4.99. The van der Waals surface area contributed by atoms with Gasteiger partial charge in [0.1, 0.15) is 0 Å². The zero-order chi connectivity index (χ0) is 13.2. The Kier molecular flexibility index (Phi) is 4.00. The molecule has 1 heterocycles. The van der Waals surface area contributed by atoms with Crippen molar-refractivity contribution >= 4 is 0 Å². The summed E-state index contributed by atoms with van der Waals surface area (Å²) < 4.78 is 28.4. The van der Waals surface area contributed by atoms with Crippen LogP contribution in [0, 0.1) is 19.8 Å². The van der Waals surface area contributed by atoms with Crippen molar-refractivity contribution in [2.24, 2.45) is 5.92 Å². The lowest BCUT2D eigenvalue weighted by molar-refractivity contribution is -0.0318. The first-order chi connectivity index (χ1) is 8.49. The maximum atomic E-state index is 14.2. The van der Waals surface area contributed by atoms with Gasteiger partial charge in [0.15, 0.2) is 0 Å². The van der Waals surface area contributed by atoms with Gasteiger partial charge >= 0.3 is 0 Å². The van der Waals surface area contributed by atoms with E-state index in [1.165, 1.54) is 0 Å². The van der Waals surface area contributed by atoms with Crippen molar-refractivity contribution in [1.29, 1.82) is 0 Å². The molecule has 1 aliphatic heterocycles. The number of piperidine rings is 1. The van der Waals surface area contributed by atoms with Crippen LogP contribution in [0.1, 0.15) is 36.0 Å². The molecule has 18 heavy (non-hydrogen) atoms. The average Bonchev–Trinajstić information content (AvgIpc) is 2.33. The Morgan fingerprint density at radius 1 is 1.28 bits per heavy atom. The predicted octanol–water partition coefficient (Wildman–Crippen LogP) is 3.78. The van der Waals surface area contributed by atoms with Crippen molar-refractivity contribution in [2.75, 3.05) is 13.1 Å². The molecular formula is C15H21F2N. The zero-order valence-electron chi connectivity index (χ0n) is 11.1. The maximum Gasteiger partial charge on any atom is 0.273 e. The van der Waals surface area contributed by atoms with Crippen LogP contribution in [0.15, 0.2) is 18.2 Å². The van der Waals surface area contributed by atoms with E-state index in [9.17, 15) is 8.78 Å². The Balaban J connectivity index is 2.10. The number of benzene rings is 1. The van der Waals surface area contributed by atoms with Crippen molar-refractivity contribution in [3.8, 4) is 0 Å². The van der Waals surface area contributed by atoms with Gasteiger partial charge in [-0.15, -0.1) is 0 Å². The van der Waals surface area contributed by atoms with Gasteiger partial charge in [0.05, 0.1) is 0 Å². The van der Waals surface area contributed by atoms with Crippen LogP contribution in [0.5, 0.6) is 0 Å². The number of hydrogen-bond donors (Lipinski definition) is 1. The van der Waals surface area contributed by atoms with Gasteiger partial charge < -0.3 is 5.32 Å². The molecular weight excluding hydrogens is 232 g/mol. The van der Waals surface area contributed by atoms with Crippen LogP contribution < -0.4 is 5.32 Å². The van der Waals surface area contributed by atoms with Crippen molar-refractivity contribution < 1.29 is 8.78 Å². The van der Waals surface area contributed by atoms with Gasteiger partial charge in [-0.05, 0) is 62.9 Å². The number of nitrogens with one attached hydrogen (secondary N) is 1. The first-order valence-electron chi connectivity index (χ1n) is 6.65. The van der Waals surface area contributed by atoms with E-state index in [1.54, 1.807) is 18.2 Å². The summed E-state index contributed by atoms with van der Waals surface area (Å²) in [6.07, 6.45) is 1.88. The van der Waals surface area contributed by atoms with Crippen LogP contribution in [0.4, 0.5) is 8.78 Å². The molecule has 1 aromatic rings. The van der Waals surface area contributed by atoms with Crippen molar-refractivity contribution in [3.05, 3.63) is 34.9 Å². The molecule has 1 N–H and O–H groups in total. The number of alkyl halides is 2. The SMILES string of the molecule is Cc1ccc(C(F)(F)CC2CCCNC2)cc1C. The minimum absolute atomic E-state index is 0.0392. The molecule has 1 atom stereocenters. The van der Waals surface area contributed by atoms with Gasteiger partial charge in [0.25, 0.3) is 5.92 Å². The maximum absolute atomic E-state index is 14.2.